The molecule has 1 unspecified atom stereocenters. The second-order valence-corrected chi connectivity index (χ2v) is 3.26. The predicted octanol–water partition coefficient (Wildman–Crippen LogP) is 2.25. The van der Waals surface area contributed by atoms with Crippen molar-refractivity contribution < 1.29 is 22.0 Å². The van der Waals surface area contributed by atoms with Crippen molar-refractivity contribution in [3.8, 4) is 0 Å². The van der Waals surface area contributed by atoms with Gasteiger partial charge in [-0.3, -0.25) is 0 Å². The maximum atomic E-state index is 13.1. The molecular weight excluding hydrogens is 219 g/mol. The number of hydrogen-bond donors (Lipinski definition) is 2. The summed E-state index contributed by atoms with van der Waals surface area (Å²) >= 11 is 0. The van der Waals surface area contributed by atoms with E-state index in [0.717, 1.165) is 0 Å². The van der Waals surface area contributed by atoms with Gasteiger partial charge in [0.25, 0.3) is 12.3 Å². The van der Waals surface area contributed by atoms with Gasteiger partial charge < -0.3 is 11.1 Å². The molecule has 1 rings (SSSR count). The second kappa shape index (κ2) is 3.79. The minimum absolute atomic E-state index is 0.550. The van der Waals surface area contributed by atoms with Crippen LogP contribution < -0.4 is 5.73 Å². The summed E-state index contributed by atoms with van der Waals surface area (Å²) in [6.07, 6.45) is -6.71. The molecule has 0 aromatic carbocycles. The zero-order valence-corrected chi connectivity index (χ0v) is 7.54. The van der Waals surface area contributed by atoms with E-state index in [2.05, 4.69) is 0 Å². The zero-order chi connectivity index (χ0) is 11.8. The van der Waals surface area contributed by atoms with Crippen LogP contribution in [-0.2, 0) is 0 Å². The van der Waals surface area contributed by atoms with Gasteiger partial charge in [0.2, 0.25) is 0 Å². The maximum absolute atomic E-state index is 13.1. The Bertz CT molecular complexity index is 310. The Kier molecular flexibility index (Phi) is 3.01. The highest BCUT2D eigenvalue weighted by Crippen LogP contribution is 2.38. The average molecular weight is 228 g/mol. The van der Waals surface area contributed by atoms with Crippen LogP contribution in [0.15, 0.2) is 11.3 Å². The Morgan fingerprint density at radius 1 is 1.47 bits per heavy atom. The van der Waals surface area contributed by atoms with E-state index in [9.17, 15) is 22.0 Å². The van der Waals surface area contributed by atoms with Gasteiger partial charge in [0, 0.05) is 6.42 Å². The molecular formula is C8H9F5N2. The summed E-state index contributed by atoms with van der Waals surface area (Å²) in [5, 5.41) is 7.01. The summed E-state index contributed by atoms with van der Waals surface area (Å²) in [5.41, 5.74) is 0.866. The standard InChI is InChI=1S/C8H9F5N2/c9-3-1-2-8(12,13)4(5(3)14)6(15)7(10)11/h3,7,14H,1-2,15H2. The van der Waals surface area contributed by atoms with E-state index in [1.807, 2.05) is 0 Å². The maximum Gasteiger partial charge on any atom is 0.278 e. The van der Waals surface area contributed by atoms with Crippen LogP contribution in [0.5, 0.6) is 0 Å². The SMILES string of the molecule is N=C1C(=C(N)C(F)F)C(F)(F)CCC1F. The number of nitrogens with two attached hydrogens (primary N) is 1. The molecule has 1 aliphatic rings. The highest BCUT2D eigenvalue weighted by molar-refractivity contribution is 6.03. The first-order valence-electron chi connectivity index (χ1n) is 4.16. The number of allylic oxidation sites excluding steroid dienone is 2. The van der Waals surface area contributed by atoms with Crippen LogP contribution in [0.4, 0.5) is 22.0 Å². The molecule has 1 aliphatic carbocycles. The predicted molar refractivity (Wildman–Crippen MR) is 44.0 cm³/mol. The monoisotopic (exact) mass is 228 g/mol. The first-order valence-corrected chi connectivity index (χ1v) is 4.16. The normalized spacial score (nSPS) is 29.5. The molecule has 0 aromatic rings. The molecule has 1 atom stereocenters. The number of nitrogens with one attached hydrogen (secondary N) is 1. The Hall–Kier alpha value is -1.14. The van der Waals surface area contributed by atoms with E-state index >= 15 is 0 Å². The summed E-state index contributed by atoms with van der Waals surface area (Å²) in [7, 11) is 0. The molecule has 2 nitrogen and oxygen atoms in total. The molecule has 1 saturated carbocycles. The number of hydrogen-bond acceptors (Lipinski definition) is 2. The lowest BCUT2D eigenvalue weighted by molar-refractivity contribution is 0.0202. The van der Waals surface area contributed by atoms with Gasteiger partial charge in [-0.2, -0.15) is 0 Å². The molecule has 0 bridgehead atoms. The van der Waals surface area contributed by atoms with Crippen molar-refractivity contribution in [1.82, 2.24) is 0 Å². The van der Waals surface area contributed by atoms with Gasteiger partial charge in [0.15, 0.2) is 0 Å². The van der Waals surface area contributed by atoms with Crippen LogP contribution in [0.25, 0.3) is 0 Å². The fourth-order valence-corrected chi connectivity index (χ4v) is 1.41. The van der Waals surface area contributed by atoms with Gasteiger partial charge in [-0.25, -0.2) is 22.0 Å². The van der Waals surface area contributed by atoms with Crippen LogP contribution in [0, 0.1) is 5.41 Å². The van der Waals surface area contributed by atoms with Gasteiger partial charge in [-0.1, -0.05) is 0 Å². The van der Waals surface area contributed by atoms with Crippen LogP contribution in [0.1, 0.15) is 12.8 Å². The Morgan fingerprint density at radius 2 is 2.00 bits per heavy atom. The summed E-state index contributed by atoms with van der Waals surface area (Å²) in [4.78, 5) is 0. The highest BCUT2D eigenvalue weighted by Gasteiger charge is 2.46. The largest absolute Gasteiger partial charge is 0.397 e. The molecule has 0 radical (unpaired) electrons. The summed E-state index contributed by atoms with van der Waals surface area (Å²) in [5.74, 6) is -3.64. The van der Waals surface area contributed by atoms with Gasteiger partial charge >= 0.3 is 0 Å². The van der Waals surface area contributed by atoms with E-state index < -0.39 is 48.3 Å². The van der Waals surface area contributed by atoms with E-state index in [4.69, 9.17) is 11.1 Å². The third-order valence-electron chi connectivity index (χ3n) is 2.18. The van der Waals surface area contributed by atoms with Crippen molar-refractivity contribution >= 4 is 5.71 Å². The van der Waals surface area contributed by atoms with Crippen LogP contribution in [0.2, 0.25) is 0 Å². The fraction of sp³-hybridized carbons (Fsp3) is 0.625. The lowest BCUT2D eigenvalue weighted by Gasteiger charge is -2.29. The summed E-state index contributed by atoms with van der Waals surface area (Å²) in [6.45, 7) is 0. The second-order valence-electron chi connectivity index (χ2n) is 3.26. The highest BCUT2D eigenvalue weighted by atomic mass is 19.3. The summed E-state index contributed by atoms with van der Waals surface area (Å²) in [6, 6.07) is 0. The van der Waals surface area contributed by atoms with Crippen molar-refractivity contribution in [1.29, 1.82) is 5.41 Å². The van der Waals surface area contributed by atoms with E-state index in [1.165, 1.54) is 0 Å². The average Bonchev–Trinajstić information content (AvgIpc) is 2.11. The molecule has 1 fully saturated rings. The van der Waals surface area contributed by atoms with E-state index in [0.29, 0.717) is 0 Å². The van der Waals surface area contributed by atoms with E-state index in [-0.39, 0.29) is 0 Å². The topological polar surface area (TPSA) is 49.9 Å². The first-order chi connectivity index (χ1) is 6.77. The number of alkyl halides is 5. The lowest BCUT2D eigenvalue weighted by Crippen LogP contribution is -2.39. The molecule has 0 aromatic heterocycles. The molecule has 15 heavy (non-hydrogen) atoms. The molecule has 0 spiro atoms. The van der Waals surface area contributed by atoms with Gasteiger partial charge in [-0.15, -0.1) is 0 Å². The van der Waals surface area contributed by atoms with Gasteiger partial charge in [0.1, 0.15) is 6.17 Å². The van der Waals surface area contributed by atoms with Gasteiger partial charge in [-0.05, 0) is 6.42 Å². The van der Waals surface area contributed by atoms with E-state index in [1.54, 1.807) is 0 Å². The van der Waals surface area contributed by atoms with Crippen molar-refractivity contribution in [3.63, 3.8) is 0 Å². The van der Waals surface area contributed by atoms with Gasteiger partial charge in [0.05, 0.1) is 17.0 Å². The van der Waals surface area contributed by atoms with Crippen molar-refractivity contribution in [3.05, 3.63) is 11.3 Å². The van der Waals surface area contributed by atoms with Crippen LogP contribution in [0.3, 0.4) is 0 Å². The number of halogens is 5. The summed E-state index contributed by atoms with van der Waals surface area (Å²) < 4.78 is 63.4. The first kappa shape index (κ1) is 11.9. The molecule has 7 heteroatoms. The zero-order valence-electron chi connectivity index (χ0n) is 7.54. The molecule has 3 N–H and O–H groups in total. The Morgan fingerprint density at radius 3 is 2.47 bits per heavy atom. The minimum atomic E-state index is -3.64. The molecule has 0 heterocycles. The molecule has 0 saturated heterocycles. The third kappa shape index (κ3) is 2.10. The quantitative estimate of drug-likeness (QED) is 0.664. The fourth-order valence-electron chi connectivity index (χ4n) is 1.41. The minimum Gasteiger partial charge on any atom is -0.397 e. The molecule has 86 valence electrons. The van der Waals surface area contributed by atoms with Crippen molar-refractivity contribution in [2.24, 2.45) is 5.73 Å². The Labute approximate surface area is 82.5 Å². The molecule has 0 aliphatic heterocycles. The molecule has 0 amide bonds. The third-order valence-corrected chi connectivity index (χ3v) is 2.18. The Balaban J connectivity index is 3.20. The van der Waals surface area contributed by atoms with Crippen molar-refractivity contribution in [2.75, 3.05) is 0 Å². The van der Waals surface area contributed by atoms with Crippen LogP contribution >= 0.6 is 0 Å². The number of rotatable bonds is 1. The van der Waals surface area contributed by atoms with Crippen LogP contribution in [-0.4, -0.2) is 24.2 Å². The lowest BCUT2D eigenvalue weighted by atomic mass is 9.86. The van der Waals surface area contributed by atoms with Crippen molar-refractivity contribution in [2.45, 2.75) is 31.4 Å². The smallest absolute Gasteiger partial charge is 0.278 e.